The molecule has 2 rings (SSSR count). The van der Waals surface area contributed by atoms with Gasteiger partial charge in [-0.05, 0) is 24.4 Å². The maximum Gasteiger partial charge on any atom is 0.187 e. The second-order valence-electron chi connectivity index (χ2n) is 4.03. The van der Waals surface area contributed by atoms with Gasteiger partial charge in [0.15, 0.2) is 17.4 Å². The molecule has 0 aliphatic heterocycles. The predicted octanol–water partition coefficient (Wildman–Crippen LogP) is 3.58. The van der Waals surface area contributed by atoms with Gasteiger partial charge in [0.05, 0.1) is 4.88 Å². The first kappa shape index (κ1) is 13.5. The molecule has 1 unspecified atom stereocenters. The fourth-order valence-electron chi connectivity index (χ4n) is 1.85. The largest absolute Gasteiger partial charge is 0.299 e. The standard InChI is InChI=1S/C14H10F2O2S/c1-8(17)12(14(18)11-6-3-7-19-11)9-4-2-5-10(15)13(9)16/h2-7,12H,1H3. The molecular weight excluding hydrogens is 270 g/mol. The molecule has 0 saturated heterocycles. The van der Waals surface area contributed by atoms with E-state index in [1.54, 1.807) is 17.5 Å². The maximum absolute atomic E-state index is 13.7. The Labute approximate surface area is 112 Å². The third-order valence-electron chi connectivity index (χ3n) is 2.73. The van der Waals surface area contributed by atoms with Crippen LogP contribution in [-0.2, 0) is 4.79 Å². The van der Waals surface area contributed by atoms with E-state index in [0.717, 1.165) is 17.4 Å². The number of rotatable bonds is 4. The van der Waals surface area contributed by atoms with Crippen molar-refractivity contribution in [2.24, 2.45) is 0 Å². The molecule has 5 heteroatoms. The smallest absolute Gasteiger partial charge is 0.187 e. The number of benzene rings is 1. The van der Waals surface area contributed by atoms with Crippen LogP contribution < -0.4 is 0 Å². The van der Waals surface area contributed by atoms with Crippen molar-refractivity contribution in [1.29, 1.82) is 0 Å². The van der Waals surface area contributed by atoms with Gasteiger partial charge in [0.25, 0.3) is 0 Å². The molecule has 1 atom stereocenters. The van der Waals surface area contributed by atoms with E-state index in [0.29, 0.717) is 4.88 Å². The number of hydrogen-bond acceptors (Lipinski definition) is 3. The number of carbonyl (C=O) groups excluding carboxylic acids is 2. The lowest BCUT2D eigenvalue weighted by Gasteiger charge is -2.13. The van der Waals surface area contributed by atoms with Gasteiger partial charge < -0.3 is 0 Å². The number of ketones is 2. The quantitative estimate of drug-likeness (QED) is 0.633. The molecular formula is C14H10F2O2S. The van der Waals surface area contributed by atoms with Crippen LogP contribution in [0.5, 0.6) is 0 Å². The minimum Gasteiger partial charge on any atom is -0.299 e. The highest BCUT2D eigenvalue weighted by Crippen LogP contribution is 2.27. The van der Waals surface area contributed by atoms with Crippen molar-refractivity contribution in [2.75, 3.05) is 0 Å². The van der Waals surface area contributed by atoms with E-state index in [1.807, 2.05) is 0 Å². The van der Waals surface area contributed by atoms with Crippen molar-refractivity contribution in [1.82, 2.24) is 0 Å². The molecule has 0 amide bonds. The van der Waals surface area contributed by atoms with Gasteiger partial charge in [-0.2, -0.15) is 0 Å². The third-order valence-corrected chi connectivity index (χ3v) is 3.61. The Morgan fingerprint density at radius 1 is 1.16 bits per heavy atom. The summed E-state index contributed by atoms with van der Waals surface area (Å²) in [6, 6.07) is 6.71. The zero-order chi connectivity index (χ0) is 14.0. The van der Waals surface area contributed by atoms with Crippen LogP contribution in [0.25, 0.3) is 0 Å². The van der Waals surface area contributed by atoms with Crippen molar-refractivity contribution in [3.05, 3.63) is 57.8 Å². The van der Waals surface area contributed by atoms with Crippen molar-refractivity contribution in [3.8, 4) is 0 Å². The minimum atomic E-state index is -1.30. The zero-order valence-corrected chi connectivity index (χ0v) is 10.8. The normalized spacial score (nSPS) is 12.2. The summed E-state index contributed by atoms with van der Waals surface area (Å²) in [5, 5.41) is 1.69. The molecule has 1 heterocycles. The van der Waals surface area contributed by atoms with Crippen molar-refractivity contribution >= 4 is 22.9 Å². The van der Waals surface area contributed by atoms with Crippen LogP contribution in [0.1, 0.15) is 28.1 Å². The minimum absolute atomic E-state index is 0.217. The Balaban J connectivity index is 2.50. The van der Waals surface area contributed by atoms with Crippen LogP contribution in [0, 0.1) is 11.6 Å². The van der Waals surface area contributed by atoms with Gasteiger partial charge in [-0.15, -0.1) is 11.3 Å². The molecule has 0 bridgehead atoms. The molecule has 0 N–H and O–H groups in total. The molecule has 0 fully saturated rings. The van der Waals surface area contributed by atoms with Gasteiger partial charge in [0, 0.05) is 5.56 Å². The van der Waals surface area contributed by atoms with Crippen LogP contribution >= 0.6 is 11.3 Å². The fraction of sp³-hybridized carbons (Fsp3) is 0.143. The molecule has 98 valence electrons. The van der Waals surface area contributed by atoms with E-state index in [2.05, 4.69) is 0 Å². The summed E-state index contributed by atoms with van der Waals surface area (Å²) >= 11 is 1.16. The topological polar surface area (TPSA) is 34.1 Å². The monoisotopic (exact) mass is 280 g/mol. The van der Waals surface area contributed by atoms with Crippen molar-refractivity contribution in [3.63, 3.8) is 0 Å². The van der Waals surface area contributed by atoms with Gasteiger partial charge in [-0.1, -0.05) is 18.2 Å². The molecule has 1 aromatic heterocycles. The molecule has 0 aliphatic rings. The molecule has 19 heavy (non-hydrogen) atoms. The average Bonchev–Trinajstić information content (AvgIpc) is 2.88. The first-order valence-electron chi connectivity index (χ1n) is 5.54. The number of thiophene rings is 1. The summed E-state index contributed by atoms with van der Waals surface area (Å²) < 4.78 is 27.0. The van der Waals surface area contributed by atoms with Crippen molar-refractivity contribution in [2.45, 2.75) is 12.8 Å². The number of Topliss-reactive ketones (excluding diaryl/α,β-unsaturated/α-hetero) is 2. The zero-order valence-electron chi connectivity index (χ0n) is 10.0. The Kier molecular flexibility index (Phi) is 3.85. The summed E-state index contributed by atoms with van der Waals surface area (Å²) in [4.78, 5) is 24.2. The Morgan fingerprint density at radius 3 is 2.47 bits per heavy atom. The molecule has 0 saturated carbocycles. The lowest BCUT2D eigenvalue weighted by Crippen LogP contribution is -2.21. The lowest BCUT2D eigenvalue weighted by atomic mass is 9.90. The number of carbonyl (C=O) groups is 2. The molecule has 1 aromatic carbocycles. The van der Waals surface area contributed by atoms with Gasteiger partial charge in [-0.25, -0.2) is 8.78 Å². The lowest BCUT2D eigenvalue weighted by molar-refractivity contribution is -0.117. The second-order valence-corrected chi connectivity index (χ2v) is 4.98. The summed E-state index contributed by atoms with van der Waals surface area (Å²) in [5.41, 5.74) is -0.217. The van der Waals surface area contributed by atoms with Crippen LogP contribution in [0.3, 0.4) is 0 Å². The summed E-state index contributed by atoms with van der Waals surface area (Å²) in [5.74, 6) is -4.53. The molecule has 2 nitrogen and oxygen atoms in total. The Morgan fingerprint density at radius 2 is 1.89 bits per heavy atom. The van der Waals surface area contributed by atoms with Gasteiger partial charge >= 0.3 is 0 Å². The second kappa shape index (κ2) is 5.40. The summed E-state index contributed by atoms with van der Waals surface area (Å²) in [6.07, 6.45) is 0. The van der Waals surface area contributed by atoms with E-state index >= 15 is 0 Å². The molecule has 0 aliphatic carbocycles. The Bertz CT molecular complexity index is 620. The van der Waals surface area contributed by atoms with E-state index in [9.17, 15) is 18.4 Å². The highest BCUT2D eigenvalue weighted by Gasteiger charge is 2.30. The SMILES string of the molecule is CC(=O)C(C(=O)c1cccs1)c1cccc(F)c1F. The highest BCUT2D eigenvalue weighted by molar-refractivity contribution is 7.12. The van der Waals surface area contributed by atoms with E-state index in [-0.39, 0.29) is 5.56 Å². The van der Waals surface area contributed by atoms with E-state index in [1.165, 1.54) is 19.1 Å². The van der Waals surface area contributed by atoms with Gasteiger partial charge in [0.1, 0.15) is 11.7 Å². The molecule has 0 radical (unpaired) electrons. The van der Waals surface area contributed by atoms with E-state index in [4.69, 9.17) is 0 Å². The third kappa shape index (κ3) is 2.61. The molecule has 0 spiro atoms. The Hall–Kier alpha value is -1.88. The van der Waals surface area contributed by atoms with Gasteiger partial charge in [-0.3, -0.25) is 9.59 Å². The van der Waals surface area contributed by atoms with Gasteiger partial charge in [0.2, 0.25) is 0 Å². The van der Waals surface area contributed by atoms with Crippen LogP contribution in [0.2, 0.25) is 0 Å². The van der Waals surface area contributed by atoms with Crippen LogP contribution in [-0.4, -0.2) is 11.6 Å². The summed E-state index contributed by atoms with van der Waals surface area (Å²) in [6.45, 7) is 1.19. The first-order chi connectivity index (χ1) is 9.02. The number of hydrogen-bond donors (Lipinski definition) is 0. The highest BCUT2D eigenvalue weighted by atomic mass is 32.1. The van der Waals surface area contributed by atoms with Crippen LogP contribution in [0.15, 0.2) is 35.7 Å². The number of halogens is 2. The first-order valence-corrected chi connectivity index (χ1v) is 6.42. The fourth-order valence-corrected chi connectivity index (χ4v) is 2.54. The maximum atomic E-state index is 13.7. The van der Waals surface area contributed by atoms with Crippen molar-refractivity contribution < 1.29 is 18.4 Å². The summed E-state index contributed by atoms with van der Waals surface area (Å²) in [7, 11) is 0. The van der Waals surface area contributed by atoms with Crippen LogP contribution in [0.4, 0.5) is 8.78 Å². The van der Waals surface area contributed by atoms with E-state index < -0.39 is 29.1 Å². The predicted molar refractivity (Wildman–Crippen MR) is 68.4 cm³/mol. The average molecular weight is 280 g/mol. The molecule has 2 aromatic rings.